The van der Waals surface area contributed by atoms with E-state index in [0.717, 1.165) is 5.56 Å². The number of primary amides is 1. The molecule has 154 valence electrons. The molecule has 0 aliphatic heterocycles. The molecule has 0 spiro atoms. The number of nitrogen functional groups attached to an aromatic ring is 2. The molecule has 0 aliphatic carbocycles. The van der Waals surface area contributed by atoms with E-state index in [4.69, 9.17) is 17.2 Å². The van der Waals surface area contributed by atoms with Gasteiger partial charge in [0.2, 0.25) is 5.91 Å². The van der Waals surface area contributed by atoms with Gasteiger partial charge in [-0.05, 0) is 77.7 Å². The van der Waals surface area contributed by atoms with Gasteiger partial charge >= 0.3 is 0 Å². The van der Waals surface area contributed by atoms with Crippen molar-refractivity contribution in [2.75, 3.05) is 16.4 Å². The lowest BCUT2D eigenvalue weighted by Crippen LogP contribution is -2.27. The van der Waals surface area contributed by atoms with Crippen molar-refractivity contribution in [2.45, 2.75) is 26.2 Å². The summed E-state index contributed by atoms with van der Waals surface area (Å²) in [6, 6.07) is 19.1. The minimum absolute atomic E-state index is 0.270. The molecule has 3 aromatic carbocycles. The number of hydrogen-bond acceptors (Lipinski definition) is 4. The topological polar surface area (TPSA) is 115 Å². The maximum atomic E-state index is 13.7. The van der Waals surface area contributed by atoms with Crippen molar-refractivity contribution < 1.29 is 9.59 Å². The van der Waals surface area contributed by atoms with E-state index in [2.05, 4.69) is 0 Å². The fourth-order valence-corrected chi connectivity index (χ4v) is 3.09. The van der Waals surface area contributed by atoms with Gasteiger partial charge in [-0.15, -0.1) is 0 Å². The van der Waals surface area contributed by atoms with Gasteiger partial charge in [0.1, 0.15) is 0 Å². The Morgan fingerprint density at radius 3 is 1.57 bits per heavy atom. The largest absolute Gasteiger partial charge is 0.399 e. The Balaban J connectivity index is 2.18. The Hall–Kier alpha value is -3.80. The van der Waals surface area contributed by atoms with Crippen LogP contribution in [-0.2, 0) is 5.41 Å². The van der Waals surface area contributed by atoms with Gasteiger partial charge < -0.3 is 17.2 Å². The van der Waals surface area contributed by atoms with Gasteiger partial charge in [-0.2, -0.15) is 0 Å². The smallest absolute Gasteiger partial charge is 0.262 e. The first kappa shape index (κ1) is 20.9. The molecular weight excluding hydrogens is 376 g/mol. The predicted octanol–water partition coefficient (Wildman–Crippen LogP) is 4.23. The molecular formula is C24H26N4O2. The summed E-state index contributed by atoms with van der Waals surface area (Å²) in [4.78, 5) is 27.2. The molecule has 0 unspecified atom stereocenters. The van der Waals surface area contributed by atoms with Crippen LogP contribution in [0.5, 0.6) is 0 Å². The zero-order valence-electron chi connectivity index (χ0n) is 17.3. The molecule has 0 saturated carbocycles. The zero-order chi connectivity index (χ0) is 22.1. The Morgan fingerprint density at radius 1 is 0.733 bits per heavy atom. The molecule has 6 N–H and O–H groups in total. The lowest BCUT2D eigenvalue weighted by Gasteiger charge is -2.25. The Kier molecular flexibility index (Phi) is 5.52. The minimum atomic E-state index is -0.582. The number of nitrogens with zero attached hydrogens (tertiary/aromatic N) is 1. The molecule has 30 heavy (non-hydrogen) atoms. The van der Waals surface area contributed by atoms with Crippen LogP contribution < -0.4 is 22.1 Å². The summed E-state index contributed by atoms with van der Waals surface area (Å²) in [6.07, 6.45) is 0. The van der Waals surface area contributed by atoms with Gasteiger partial charge in [0, 0.05) is 33.9 Å². The lowest BCUT2D eigenvalue weighted by atomic mass is 9.84. The molecule has 3 rings (SSSR count). The van der Waals surface area contributed by atoms with Crippen LogP contribution in [0.15, 0.2) is 66.7 Å². The molecule has 3 aromatic rings. The Morgan fingerprint density at radius 2 is 1.17 bits per heavy atom. The first-order valence-electron chi connectivity index (χ1n) is 9.57. The molecule has 0 heterocycles. The highest BCUT2D eigenvalue weighted by atomic mass is 16.2. The summed E-state index contributed by atoms with van der Waals surface area (Å²) in [5, 5.41) is 0. The number of carbonyl (C=O) groups excluding carboxylic acids is 2. The number of benzene rings is 3. The molecule has 2 amide bonds. The van der Waals surface area contributed by atoms with Crippen molar-refractivity contribution in [3.05, 3.63) is 83.4 Å². The lowest BCUT2D eigenvalue weighted by molar-refractivity contribution is 0.0998. The zero-order valence-corrected chi connectivity index (χ0v) is 17.3. The number of nitrogens with two attached hydrogens (primary N) is 3. The first-order valence-corrected chi connectivity index (χ1v) is 9.57. The number of hydrogen-bond donors (Lipinski definition) is 3. The van der Waals surface area contributed by atoms with Gasteiger partial charge in [-0.1, -0.05) is 20.8 Å². The maximum absolute atomic E-state index is 13.7. The van der Waals surface area contributed by atoms with Crippen LogP contribution in [0.4, 0.5) is 22.7 Å². The number of anilines is 4. The molecule has 0 saturated heterocycles. The van der Waals surface area contributed by atoms with E-state index in [1.807, 2.05) is 20.8 Å². The Bertz CT molecular complexity index is 1040. The van der Waals surface area contributed by atoms with E-state index in [9.17, 15) is 9.59 Å². The van der Waals surface area contributed by atoms with Crippen molar-refractivity contribution >= 4 is 34.6 Å². The second-order valence-electron chi connectivity index (χ2n) is 8.24. The highest BCUT2D eigenvalue weighted by Gasteiger charge is 2.24. The minimum Gasteiger partial charge on any atom is -0.399 e. The van der Waals surface area contributed by atoms with Crippen LogP contribution in [0.2, 0.25) is 0 Å². The maximum Gasteiger partial charge on any atom is 0.262 e. The van der Waals surface area contributed by atoms with Crippen LogP contribution in [0, 0.1) is 0 Å². The summed E-state index contributed by atoms with van der Waals surface area (Å²) in [6.45, 7) is 6.04. The van der Waals surface area contributed by atoms with E-state index >= 15 is 0 Å². The third kappa shape index (κ3) is 4.43. The number of rotatable bonds is 4. The van der Waals surface area contributed by atoms with Crippen LogP contribution in [0.3, 0.4) is 0 Å². The number of amides is 2. The second kappa shape index (κ2) is 7.91. The van der Waals surface area contributed by atoms with Crippen LogP contribution in [-0.4, -0.2) is 11.8 Å². The molecule has 0 aliphatic rings. The van der Waals surface area contributed by atoms with Crippen LogP contribution in [0.25, 0.3) is 0 Å². The highest BCUT2D eigenvalue weighted by molar-refractivity contribution is 6.12. The van der Waals surface area contributed by atoms with Gasteiger partial charge in [-0.25, -0.2) is 0 Å². The standard InChI is InChI=1S/C24H26N4O2/c1-24(2,3)17-13-15(22(27)29)12-16(14-17)23(30)28(20-8-4-18(25)5-9-20)21-10-6-19(26)7-11-21/h4-14H,25-26H2,1-3H3,(H2,27,29). The van der Waals surface area contributed by atoms with Gasteiger partial charge in [0.05, 0.1) is 0 Å². The molecule has 0 bridgehead atoms. The highest BCUT2D eigenvalue weighted by Crippen LogP contribution is 2.31. The molecule has 0 radical (unpaired) electrons. The van der Waals surface area contributed by atoms with Gasteiger partial charge in [0.15, 0.2) is 0 Å². The van der Waals surface area contributed by atoms with Gasteiger partial charge in [0.25, 0.3) is 5.91 Å². The van der Waals surface area contributed by atoms with Crippen LogP contribution >= 0.6 is 0 Å². The Labute approximate surface area is 176 Å². The molecule has 0 atom stereocenters. The third-order valence-corrected chi connectivity index (χ3v) is 4.84. The third-order valence-electron chi connectivity index (χ3n) is 4.84. The van der Waals surface area contributed by atoms with E-state index in [0.29, 0.717) is 33.9 Å². The second-order valence-corrected chi connectivity index (χ2v) is 8.24. The van der Waals surface area contributed by atoms with E-state index in [1.54, 1.807) is 65.6 Å². The van der Waals surface area contributed by atoms with Crippen molar-refractivity contribution in [3.63, 3.8) is 0 Å². The molecule has 6 nitrogen and oxygen atoms in total. The summed E-state index contributed by atoms with van der Waals surface area (Å²) in [7, 11) is 0. The van der Waals surface area contributed by atoms with Crippen molar-refractivity contribution in [1.29, 1.82) is 0 Å². The number of carbonyl (C=O) groups is 2. The monoisotopic (exact) mass is 402 g/mol. The fraction of sp³-hybridized carbons (Fsp3) is 0.167. The normalized spacial score (nSPS) is 11.2. The van der Waals surface area contributed by atoms with E-state index in [1.165, 1.54) is 6.07 Å². The average Bonchev–Trinajstić information content (AvgIpc) is 2.70. The van der Waals surface area contributed by atoms with E-state index in [-0.39, 0.29) is 11.3 Å². The van der Waals surface area contributed by atoms with Gasteiger partial charge in [-0.3, -0.25) is 14.5 Å². The predicted molar refractivity (Wildman–Crippen MR) is 122 cm³/mol. The molecule has 0 aromatic heterocycles. The quantitative estimate of drug-likeness (QED) is 0.566. The SMILES string of the molecule is CC(C)(C)c1cc(C(N)=O)cc(C(=O)N(c2ccc(N)cc2)c2ccc(N)cc2)c1. The van der Waals surface area contributed by atoms with Crippen molar-refractivity contribution in [3.8, 4) is 0 Å². The summed E-state index contributed by atoms with van der Waals surface area (Å²) in [5.74, 6) is -0.875. The van der Waals surface area contributed by atoms with Crippen LogP contribution in [0.1, 0.15) is 47.1 Å². The van der Waals surface area contributed by atoms with Crippen molar-refractivity contribution in [2.24, 2.45) is 5.73 Å². The van der Waals surface area contributed by atoms with E-state index < -0.39 is 5.91 Å². The average molecular weight is 402 g/mol. The summed E-state index contributed by atoms with van der Waals surface area (Å²) < 4.78 is 0. The first-order chi connectivity index (χ1) is 14.1. The fourth-order valence-electron chi connectivity index (χ4n) is 3.09. The molecule has 6 heteroatoms. The molecule has 0 fully saturated rings. The summed E-state index contributed by atoms with van der Waals surface area (Å²) in [5.41, 5.74) is 20.9. The summed E-state index contributed by atoms with van der Waals surface area (Å²) >= 11 is 0. The van der Waals surface area contributed by atoms with Crippen molar-refractivity contribution in [1.82, 2.24) is 0 Å².